The molecule has 0 atom stereocenters. The molecule has 0 aliphatic carbocycles. The van der Waals surface area contributed by atoms with Crippen LogP contribution < -0.4 is 26.0 Å². The van der Waals surface area contributed by atoms with Crippen molar-refractivity contribution in [1.29, 1.82) is 0 Å². The number of anilines is 1. The van der Waals surface area contributed by atoms with E-state index in [2.05, 4.69) is 20.0 Å². The Hall–Kier alpha value is -3.77. The van der Waals surface area contributed by atoms with Gasteiger partial charge in [-0.15, -0.1) is 0 Å². The minimum atomic E-state index is -3.37. The molecule has 1 aromatic carbocycles. The first-order valence-electron chi connectivity index (χ1n) is 10.7. The van der Waals surface area contributed by atoms with E-state index in [1.165, 1.54) is 37.5 Å². The van der Waals surface area contributed by atoms with E-state index in [1.54, 1.807) is 12.1 Å². The SMILES string of the molecule is Cn1c(/N=C/Oc2cccc(OC(C)(F)F)c2)c(NCc2ccc(Cl)nc2)c(=O)n(CCCO)c1=O. The number of nitrogens with zero attached hydrogens (tertiary/aromatic N) is 4. The lowest BCUT2D eigenvalue weighted by Gasteiger charge is -2.15. The first kappa shape index (κ1) is 26.8. The molecule has 3 rings (SSSR count). The van der Waals surface area contributed by atoms with Gasteiger partial charge in [-0.25, -0.2) is 9.78 Å². The molecule has 36 heavy (non-hydrogen) atoms. The van der Waals surface area contributed by atoms with Crippen molar-refractivity contribution in [1.82, 2.24) is 14.1 Å². The van der Waals surface area contributed by atoms with Crippen LogP contribution in [0, 0.1) is 0 Å². The second-order valence-corrected chi connectivity index (χ2v) is 8.04. The molecule has 192 valence electrons. The van der Waals surface area contributed by atoms with E-state index in [1.807, 2.05) is 0 Å². The predicted octanol–water partition coefficient (Wildman–Crippen LogP) is 3.32. The summed E-state index contributed by atoms with van der Waals surface area (Å²) in [6.07, 6.45) is -0.658. The number of ether oxygens (including phenoxy) is 2. The quantitative estimate of drug-likeness (QED) is 0.225. The van der Waals surface area contributed by atoms with Gasteiger partial charge in [-0.3, -0.25) is 13.9 Å². The van der Waals surface area contributed by atoms with Crippen molar-refractivity contribution in [3.63, 3.8) is 0 Å². The number of hydrogen-bond donors (Lipinski definition) is 2. The smallest absolute Gasteiger partial charge is 0.394 e. The highest BCUT2D eigenvalue weighted by Crippen LogP contribution is 2.25. The van der Waals surface area contributed by atoms with Crippen molar-refractivity contribution in [2.45, 2.75) is 32.5 Å². The fourth-order valence-electron chi connectivity index (χ4n) is 3.15. The predicted molar refractivity (Wildman–Crippen MR) is 131 cm³/mol. The van der Waals surface area contributed by atoms with Crippen LogP contribution in [0.4, 0.5) is 20.3 Å². The third-order valence-corrected chi connectivity index (χ3v) is 5.01. The molecule has 2 N–H and O–H groups in total. The minimum Gasteiger partial charge on any atom is -0.446 e. The Morgan fingerprint density at radius 3 is 2.67 bits per heavy atom. The Morgan fingerprint density at radius 2 is 2.00 bits per heavy atom. The first-order valence-corrected chi connectivity index (χ1v) is 11.1. The molecule has 0 fully saturated rings. The number of aromatic nitrogens is 3. The van der Waals surface area contributed by atoms with Crippen LogP contribution in [0.15, 0.2) is 57.2 Å². The van der Waals surface area contributed by atoms with Crippen LogP contribution in [-0.4, -0.2) is 38.3 Å². The van der Waals surface area contributed by atoms with Crippen molar-refractivity contribution >= 4 is 29.5 Å². The zero-order valence-corrected chi connectivity index (χ0v) is 20.2. The average molecular weight is 524 g/mol. The number of aliphatic hydroxyl groups excluding tert-OH is 1. The number of aliphatic imine (C=N–C) groups is 1. The fourth-order valence-corrected chi connectivity index (χ4v) is 3.26. The molecule has 0 spiro atoms. The maximum absolute atomic E-state index is 13.1. The van der Waals surface area contributed by atoms with E-state index >= 15 is 0 Å². The topological polar surface area (TPSA) is 120 Å². The lowest BCUT2D eigenvalue weighted by atomic mass is 10.3. The third kappa shape index (κ3) is 7.12. The van der Waals surface area contributed by atoms with Crippen molar-refractivity contribution in [2.75, 3.05) is 11.9 Å². The Labute approximate surface area is 209 Å². The minimum absolute atomic E-state index is 0.00699. The molecule has 0 aliphatic rings. The molecule has 0 saturated carbocycles. The van der Waals surface area contributed by atoms with Crippen LogP contribution in [0.3, 0.4) is 0 Å². The van der Waals surface area contributed by atoms with E-state index in [0.29, 0.717) is 17.6 Å². The molecule has 2 heterocycles. The molecular formula is C23H24ClF2N5O5. The number of nitrogens with one attached hydrogen (secondary N) is 1. The highest BCUT2D eigenvalue weighted by atomic mass is 35.5. The van der Waals surface area contributed by atoms with Gasteiger partial charge in [0.25, 0.3) is 5.56 Å². The van der Waals surface area contributed by atoms with Crippen molar-refractivity contribution in [2.24, 2.45) is 12.0 Å². The molecule has 0 aliphatic heterocycles. The van der Waals surface area contributed by atoms with E-state index in [-0.39, 0.29) is 49.1 Å². The molecular weight excluding hydrogens is 500 g/mol. The van der Waals surface area contributed by atoms with Gasteiger partial charge in [0.1, 0.15) is 22.3 Å². The average Bonchev–Trinajstić information content (AvgIpc) is 2.82. The number of alkyl halides is 2. The van der Waals surface area contributed by atoms with Gasteiger partial charge >= 0.3 is 11.8 Å². The van der Waals surface area contributed by atoms with Gasteiger partial charge in [0.05, 0.1) is 0 Å². The summed E-state index contributed by atoms with van der Waals surface area (Å²) >= 11 is 5.81. The largest absolute Gasteiger partial charge is 0.446 e. The zero-order chi connectivity index (χ0) is 26.3. The van der Waals surface area contributed by atoms with Crippen molar-refractivity contribution in [3.8, 4) is 11.5 Å². The molecule has 0 amide bonds. The second kappa shape index (κ2) is 11.8. The summed E-state index contributed by atoms with van der Waals surface area (Å²) < 4.78 is 38.3. The van der Waals surface area contributed by atoms with Gasteiger partial charge in [-0.05, 0) is 30.2 Å². The van der Waals surface area contributed by atoms with Gasteiger partial charge in [-0.2, -0.15) is 13.8 Å². The maximum atomic E-state index is 13.1. The number of rotatable bonds is 11. The lowest BCUT2D eigenvalue weighted by molar-refractivity contribution is -0.158. The summed E-state index contributed by atoms with van der Waals surface area (Å²) in [6, 6.07) is 8.83. The molecule has 2 aromatic heterocycles. The second-order valence-electron chi connectivity index (χ2n) is 7.65. The Balaban J connectivity index is 1.92. The molecule has 0 radical (unpaired) electrons. The first-order chi connectivity index (χ1) is 17.1. The summed E-state index contributed by atoms with van der Waals surface area (Å²) in [4.78, 5) is 34.0. The van der Waals surface area contributed by atoms with E-state index in [0.717, 1.165) is 15.5 Å². The maximum Gasteiger partial charge on any atom is 0.394 e. The molecule has 3 aromatic rings. The van der Waals surface area contributed by atoms with Gasteiger partial charge in [0.15, 0.2) is 12.2 Å². The van der Waals surface area contributed by atoms with Crippen LogP contribution in [0.2, 0.25) is 5.15 Å². The monoisotopic (exact) mass is 523 g/mol. The molecule has 13 heteroatoms. The van der Waals surface area contributed by atoms with E-state index in [9.17, 15) is 18.4 Å². The molecule has 10 nitrogen and oxygen atoms in total. The van der Waals surface area contributed by atoms with Gasteiger partial charge in [0.2, 0.25) is 0 Å². The van der Waals surface area contributed by atoms with Crippen molar-refractivity contribution in [3.05, 3.63) is 74.1 Å². The summed E-state index contributed by atoms with van der Waals surface area (Å²) in [5.74, 6) is -0.00517. The standard InChI is InChI=1S/C23H24ClF2N5O5/c1-23(25,26)36-17-6-3-5-16(11-17)35-14-29-20-19(28-13-15-7-8-18(24)27-12-15)21(33)31(9-4-10-32)22(34)30(20)2/h3,5-8,11-12,14,28,32H,4,9-10,13H2,1-2H3/b29-14+. The van der Waals surface area contributed by atoms with Crippen LogP contribution in [0.1, 0.15) is 18.9 Å². The third-order valence-electron chi connectivity index (χ3n) is 4.78. The Bertz CT molecular complexity index is 1340. The summed E-state index contributed by atoms with van der Waals surface area (Å²) in [6.45, 7) is 0.593. The van der Waals surface area contributed by atoms with Crippen LogP contribution >= 0.6 is 11.6 Å². The normalized spacial score (nSPS) is 11.6. The summed E-state index contributed by atoms with van der Waals surface area (Å²) in [7, 11) is 1.43. The summed E-state index contributed by atoms with van der Waals surface area (Å²) in [5.41, 5.74) is -0.557. The number of aliphatic hydroxyl groups is 1. The van der Waals surface area contributed by atoms with Crippen LogP contribution in [0.25, 0.3) is 0 Å². The number of hydrogen-bond acceptors (Lipinski definition) is 8. The van der Waals surface area contributed by atoms with E-state index in [4.69, 9.17) is 21.4 Å². The Kier molecular flexibility index (Phi) is 8.78. The van der Waals surface area contributed by atoms with Crippen LogP contribution in [0.5, 0.6) is 11.5 Å². The highest BCUT2D eigenvalue weighted by Gasteiger charge is 2.23. The molecule has 0 bridgehead atoms. The van der Waals surface area contributed by atoms with E-state index < -0.39 is 17.4 Å². The van der Waals surface area contributed by atoms with Gasteiger partial charge < -0.3 is 19.9 Å². The fraction of sp³-hybridized carbons (Fsp3) is 0.304. The highest BCUT2D eigenvalue weighted by molar-refractivity contribution is 6.29. The van der Waals surface area contributed by atoms with Gasteiger partial charge in [-0.1, -0.05) is 23.7 Å². The molecule has 0 saturated heterocycles. The van der Waals surface area contributed by atoms with Crippen LogP contribution in [-0.2, 0) is 20.1 Å². The Morgan fingerprint density at radius 1 is 1.25 bits per heavy atom. The summed E-state index contributed by atoms with van der Waals surface area (Å²) in [5, 5.41) is 12.4. The van der Waals surface area contributed by atoms with Crippen molar-refractivity contribution < 1.29 is 23.4 Å². The lowest BCUT2D eigenvalue weighted by Crippen LogP contribution is -2.40. The number of halogens is 3. The number of benzene rings is 1. The molecule has 0 unspecified atom stereocenters. The number of pyridine rings is 1. The zero-order valence-electron chi connectivity index (χ0n) is 19.5. The van der Waals surface area contributed by atoms with Gasteiger partial charge in [0, 0.05) is 45.9 Å².